The first-order valence-electron chi connectivity index (χ1n) is 7.77. The van der Waals surface area contributed by atoms with Gasteiger partial charge in [-0.1, -0.05) is 66.0 Å². The maximum atomic E-state index is 12.4. The molecule has 1 aliphatic rings. The summed E-state index contributed by atoms with van der Waals surface area (Å²) in [5, 5.41) is 11.8. The molecule has 4 unspecified atom stereocenters. The number of rotatable bonds is 7. The molecule has 4 N–H and O–H groups in total. The van der Waals surface area contributed by atoms with Crippen LogP contribution in [0.15, 0.2) is 30.3 Å². The fourth-order valence-corrected chi connectivity index (χ4v) is 3.41. The number of hydrogen-bond donors (Lipinski definition) is 4. The van der Waals surface area contributed by atoms with E-state index in [1.54, 1.807) is 0 Å². The Morgan fingerprint density at radius 3 is 2.61 bits per heavy atom. The van der Waals surface area contributed by atoms with Gasteiger partial charge in [-0.2, -0.15) is 0 Å². The van der Waals surface area contributed by atoms with Crippen LogP contribution in [0, 0.1) is 0 Å². The van der Waals surface area contributed by atoms with E-state index in [1.807, 2.05) is 37.3 Å². The Morgan fingerprint density at radius 2 is 2.00 bits per heavy atom. The van der Waals surface area contributed by atoms with Crippen LogP contribution in [-0.2, 0) is 9.59 Å². The van der Waals surface area contributed by atoms with Crippen molar-refractivity contribution in [2.75, 3.05) is 0 Å². The molecule has 0 radical (unpaired) electrons. The number of hydrazine groups is 1. The quantitative estimate of drug-likeness (QED) is 0.538. The molecule has 1 aliphatic heterocycles. The summed E-state index contributed by atoms with van der Waals surface area (Å²) in [6.07, 6.45) is 2.09. The average Bonchev–Trinajstić information content (AvgIpc) is 2.93. The lowest BCUT2D eigenvalue weighted by Crippen LogP contribution is -2.51. The molecule has 0 spiro atoms. The van der Waals surface area contributed by atoms with Gasteiger partial charge in [0, 0.05) is 0 Å². The van der Waals surface area contributed by atoms with Gasteiger partial charge >= 0.3 is 5.97 Å². The molecule has 1 aromatic carbocycles. The maximum Gasteiger partial charge on any atom is 0.326 e. The number of carboxylic acid groups (broad SMARTS) is 1. The summed E-state index contributed by atoms with van der Waals surface area (Å²) in [4.78, 5) is 23.5. The number of unbranched alkanes of at least 4 members (excludes halogenated alkanes) is 1. The first-order valence-corrected chi connectivity index (χ1v) is 8.69. The second-order valence-corrected chi connectivity index (χ2v) is 6.70. The van der Waals surface area contributed by atoms with Gasteiger partial charge in [-0.05, 0) is 12.0 Å². The summed E-state index contributed by atoms with van der Waals surface area (Å²) in [6, 6.07) is 8.33. The highest BCUT2D eigenvalue weighted by Gasteiger charge is 2.40. The molecule has 126 valence electrons. The lowest BCUT2D eigenvalue weighted by molar-refractivity contribution is -0.142. The van der Waals surface area contributed by atoms with Crippen LogP contribution >= 0.6 is 15.9 Å². The van der Waals surface area contributed by atoms with Crippen molar-refractivity contribution in [1.82, 2.24) is 16.2 Å². The molecule has 23 heavy (non-hydrogen) atoms. The smallest absolute Gasteiger partial charge is 0.326 e. The van der Waals surface area contributed by atoms with E-state index in [1.165, 1.54) is 0 Å². The second-order valence-electron chi connectivity index (χ2n) is 5.64. The van der Waals surface area contributed by atoms with Gasteiger partial charge in [0.15, 0.2) is 0 Å². The van der Waals surface area contributed by atoms with Crippen molar-refractivity contribution in [3.05, 3.63) is 35.9 Å². The van der Waals surface area contributed by atoms with Crippen molar-refractivity contribution >= 4 is 27.8 Å². The summed E-state index contributed by atoms with van der Waals surface area (Å²) in [5.41, 5.74) is 7.10. The van der Waals surface area contributed by atoms with Crippen molar-refractivity contribution in [2.24, 2.45) is 0 Å². The Bertz CT molecular complexity index is 541. The molecule has 6 nitrogen and oxygen atoms in total. The van der Waals surface area contributed by atoms with E-state index >= 15 is 0 Å². The Balaban J connectivity index is 1.99. The maximum absolute atomic E-state index is 12.4. The fraction of sp³-hybridized carbons (Fsp3) is 0.500. The minimum absolute atomic E-state index is 0.0640. The van der Waals surface area contributed by atoms with E-state index in [2.05, 4.69) is 32.1 Å². The SMILES string of the molecule is CCCCC(NC(=O)C1NNC(c2ccccc2)C1Br)C(=O)O. The van der Waals surface area contributed by atoms with E-state index in [0.29, 0.717) is 6.42 Å². The van der Waals surface area contributed by atoms with Gasteiger partial charge in [0.1, 0.15) is 12.1 Å². The molecule has 0 aliphatic carbocycles. The van der Waals surface area contributed by atoms with Crippen molar-refractivity contribution < 1.29 is 14.7 Å². The van der Waals surface area contributed by atoms with Crippen molar-refractivity contribution in [3.63, 3.8) is 0 Å². The predicted molar refractivity (Wildman–Crippen MR) is 91.0 cm³/mol. The van der Waals surface area contributed by atoms with Crippen molar-refractivity contribution in [3.8, 4) is 0 Å². The summed E-state index contributed by atoms with van der Waals surface area (Å²) in [5.74, 6) is -1.32. The van der Waals surface area contributed by atoms with Crippen LogP contribution in [-0.4, -0.2) is 33.9 Å². The molecule has 1 saturated heterocycles. The number of nitrogens with one attached hydrogen (secondary N) is 3. The van der Waals surface area contributed by atoms with Gasteiger partial charge in [-0.3, -0.25) is 4.79 Å². The molecule has 1 heterocycles. The molecule has 0 bridgehead atoms. The van der Waals surface area contributed by atoms with E-state index < -0.39 is 18.1 Å². The Morgan fingerprint density at radius 1 is 1.30 bits per heavy atom. The van der Waals surface area contributed by atoms with Crippen LogP contribution in [0.4, 0.5) is 0 Å². The normalized spacial score (nSPS) is 25.0. The molecule has 1 fully saturated rings. The molecule has 0 saturated carbocycles. The number of aliphatic carboxylic acids is 1. The van der Waals surface area contributed by atoms with Crippen molar-refractivity contribution in [2.45, 2.75) is 49.1 Å². The highest BCUT2D eigenvalue weighted by atomic mass is 79.9. The number of carbonyl (C=O) groups is 2. The van der Waals surface area contributed by atoms with Crippen LogP contribution in [0.1, 0.15) is 37.8 Å². The van der Waals surface area contributed by atoms with Crippen molar-refractivity contribution in [1.29, 1.82) is 0 Å². The molecule has 2 rings (SSSR count). The molecule has 1 amide bonds. The third kappa shape index (κ3) is 4.53. The molecule has 4 atom stereocenters. The van der Waals surface area contributed by atoms with E-state index in [-0.39, 0.29) is 16.8 Å². The largest absolute Gasteiger partial charge is 0.480 e. The number of halogens is 1. The fourth-order valence-electron chi connectivity index (χ4n) is 2.60. The Kier molecular flexibility index (Phi) is 6.56. The van der Waals surface area contributed by atoms with Gasteiger partial charge in [0.2, 0.25) is 5.91 Å². The highest BCUT2D eigenvalue weighted by molar-refractivity contribution is 9.09. The van der Waals surface area contributed by atoms with Gasteiger partial charge in [-0.25, -0.2) is 15.6 Å². The van der Waals surface area contributed by atoms with Crippen LogP contribution in [0.3, 0.4) is 0 Å². The van der Waals surface area contributed by atoms with Gasteiger partial charge in [0.25, 0.3) is 0 Å². The van der Waals surface area contributed by atoms with E-state index in [4.69, 9.17) is 0 Å². The lowest BCUT2D eigenvalue weighted by Gasteiger charge is -2.20. The zero-order valence-electron chi connectivity index (χ0n) is 13.0. The molecule has 7 heteroatoms. The number of carbonyl (C=O) groups excluding carboxylic acids is 1. The first-order chi connectivity index (χ1) is 11.0. The second kappa shape index (κ2) is 8.42. The van der Waals surface area contributed by atoms with E-state index in [0.717, 1.165) is 18.4 Å². The predicted octanol–water partition coefficient (Wildman–Crippen LogP) is 1.73. The summed E-state index contributed by atoms with van der Waals surface area (Å²) >= 11 is 3.55. The number of carboxylic acids is 1. The molecule has 0 aromatic heterocycles. The third-order valence-corrected chi connectivity index (χ3v) is 4.99. The van der Waals surface area contributed by atoms with Crippen LogP contribution in [0.25, 0.3) is 0 Å². The average molecular weight is 384 g/mol. The topological polar surface area (TPSA) is 90.5 Å². The Labute approximate surface area is 144 Å². The zero-order chi connectivity index (χ0) is 16.8. The standard InChI is InChI=1S/C16H22BrN3O3/c1-2-3-9-11(16(22)23)18-15(21)14-12(17)13(19-20-14)10-7-5-4-6-8-10/h4-8,11-14,19-20H,2-3,9H2,1H3,(H,18,21)(H,22,23). The van der Waals surface area contributed by atoms with Crippen LogP contribution < -0.4 is 16.2 Å². The molecule has 1 aromatic rings. The lowest BCUT2D eigenvalue weighted by atomic mass is 10.0. The first kappa shape index (κ1) is 17.9. The monoisotopic (exact) mass is 383 g/mol. The Hall–Kier alpha value is -1.44. The molecular formula is C16H22BrN3O3. The summed E-state index contributed by atoms with van der Waals surface area (Å²) in [7, 11) is 0. The minimum atomic E-state index is -0.997. The molecular weight excluding hydrogens is 362 g/mol. The van der Waals surface area contributed by atoms with E-state index in [9.17, 15) is 14.7 Å². The summed E-state index contributed by atoms with van der Waals surface area (Å²) < 4.78 is 0. The van der Waals surface area contributed by atoms with Gasteiger partial charge in [0.05, 0.1) is 10.9 Å². The number of amides is 1. The number of alkyl halides is 1. The third-order valence-electron chi connectivity index (χ3n) is 3.93. The van der Waals surface area contributed by atoms with Gasteiger partial charge in [-0.15, -0.1) is 0 Å². The number of hydrogen-bond acceptors (Lipinski definition) is 4. The number of benzene rings is 1. The zero-order valence-corrected chi connectivity index (χ0v) is 14.5. The minimum Gasteiger partial charge on any atom is -0.480 e. The van der Waals surface area contributed by atoms with Crippen LogP contribution in [0.5, 0.6) is 0 Å². The summed E-state index contributed by atoms with van der Waals surface area (Å²) in [6.45, 7) is 1.99. The van der Waals surface area contributed by atoms with Crippen LogP contribution in [0.2, 0.25) is 0 Å². The highest BCUT2D eigenvalue weighted by Crippen LogP contribution is 2.28. The van der Waals surface area contributed by atoms with Gasteiger partial charge < -0.3 is 10.4 Å².